The quantitative estimate of drug-likeness (QED) is 0.214. The molecule has 0 aliphatic carbocycles. The highest BCUT2D eigenvalue weighted by atomic mass is 16.5. The zero-order valence-corrected chi connectivity index (χ0v) is 24.6. The predicted octanol–water partition coefficient (Wildman–Crippen LogP) is 4.78. The van der Waals surface area contributed by atoms with Crippen LogP contribution in [0.15, 0.2) is 78.4 Å². The molecule has 2 saturated heterocycles. The van der Waals surface area contributed by atoms with Crippen LogP contribution in [0.4, 0.5) is 5.69 Å². The molecule has 2 aliphatic heterocycles. The van der Waals surface area contributed by atoms with E-state index < -0.39 is 17.7 Å². The van der Waals surface area contributed by atoms with Crippen molar-refractivity contribution in [2.24, 2.45) is 0 Å². The highest BCUT2D eigenvalue weighted by Gasteiger charge is 2.45. The summed E-state index contributed by atoms with van der Waals surface area (Å²) in [6.45, 7) is 6.82. The van der Waals surface area contributed by atoms with E-state index in [1.807, 2.05) is 74.4 Å². The number of anilines is 1. The number of aryl methyl sites for hydroxylation is 1. The number of benzene rings is 3. The van der Waals surface area contributed by atoms with Crippen molar-refractivity contribution >= 4 is 23.1 Å². The summed E-state index contributed by atoms with van der Waals surface area (Å²) in [7, 11) is 3.92. The maximum atomic E-state index is 13.4. The first-order valence-corrected chi connectivity index (χ1v) is 14.5. The second-order valence-electron chi connectivity index (χ2n) is 11.0. The van der Waals surface area contributed by atoms with Gasteiger partial charge < -0.3 is 24.4 Å². The molecule has 1 atom stereocenters. The van der Waals surface area contributed by atoms with Gasteiger partial charge in [-0.1, -0.05) is 36.4 Å². The van der Waals surface area contributed by atoms with E-state index >= 15 is 0 Å². The van der Waals surface area contributed by atoms with Crippen LogP contribution in [-0.4, -0.2) is 80.1 Å². The summed E-state index contributed by atoms with van der Waals surface area (Å²) < 4.78 is 11.4. The van der Waals surface area contributed by atoms with E-state index in [9.17, 15) is 14.7 Å². The first kappa shape index (κ1) is 29.4. The minimum atomic E-state index is -0.678. The van der Waals surface area contributed by atoms with E-state index in [0.29, 0.717) is 44.1 Å². The minimum absolute atomic E-state index is 0.109. The van der Waals surface area contributed by atoms with Crippen LogP contribution in [0.2, 0.25) is 0 Å². The Balaban J connectivity index is 1.40. The Bertz CT molecular complexity index is 1430. The maximum absolute atomic E-state index is 13.4. The largest absolute Gasteiger partial charge is 0.507 e. The van der Waals surface area contributed by atoms with Gasteiger partial charge >= 0.3 is 0 Å². The summed E-state index contributed by atoms with van der Waals surface area (Å²) >= 11 is 0. The zero-order valence-electron chi connectivity index (χ0n) is 24.6. The molecule has 220 valence electrons. The molecular formula is C34H39N3O5. The molecule has 0 spiro atoms. The van der Waals surface area contributed by atoms with Crippen LogP contribution in [0.5, 0.6) is 5.75 Å². The molecule has 42 heavy (non-hydrogen) atoms. The summed E-state index contributed by atoms with van der Waals surface area (Å²) in [5, 5.41) is 11.5. The van der Waals surface area contributed by atoms with Crippen LogP contribution in [0.1, 0.15) is 34.7 Å². The van der Waals surface area contributed by atoms with Crippen molar-refractivity contribution in [2.45, 2.75) is 26.0 Å². The summed E-state index contributed by atoms with van der Waals surface area (Å²) in [4.78, 5) is 32.7. The van der Waals surface area contributed by atoms with Crippen LogP contribution in [-0.2, 0) is 20.9 Å². The number of carbonyl (C=O) groups is 2. The number of ether oxygens (including phenoxy) is 2. The van der Waals surface area contributed by atoms with Crippen LogP contribution < -0.4 is 9.64 Å². The molecule has 8 heteroatoms. The fourth-order valence-corrected chi connectivity index (χ4v) is 5.50. The fourth-order valence-electron chi connectivity index (χ4n) is 5.50. The average molecular weight is 570 g/mol. The molecule has 1 amide bonds. The van der Waals surface area contributed by atoms with Crippen LogP contribution in [0.3, 0.4) is 0 Å². The van der Waals surface area contributed by atoms with Gasteiger partial charge in [-0.05, 0) is 66.4 Å². The Morgan fingerprint density at radius 3 is 2.31 bits per heavy atom. The number of hydrogen-bond acceptors (Lipinski definition) is 7. The van der Waals surface area contributed by atoms with Crippen molar-refractivity contribution in [2.75, 3.05) is 58.4 Å². The normalized spacial score (nSPS) is 18.8. The monoisotopic (exact) mass is 569 g/mol. The molecule has 2 fully saturated rings. The molecule has 2 heterocycles. The number of carbonyl (C=O) groups excluding carboxylic acids is 2. The molecule has 0 bridgehead atoms. The van der Waals surface area contributed by atoms with Gasteiger partial charge in [-0.15, -0.1) is 0 Å². The van der Waals surface area contributed by atoms with Gasteiger partial charge in [0.25, 0.3) is 11.7 Å². The number of Topliss-reactive ketones (excluding diaryl/α,β-unsaturated/α-hetero) is 1. The van der Waals surface area contributed by atoms with Gasteiger partial charge in [-0.3, -0.25) is 14.5 Å². The van der Waals surface area contributed by atoms with E-state index in [-0.39, 0.29) is 11.3 Å². The lowest BCUT2D eigenvalue weighted by atomic mass is 9.95. The number of morpholine rings is 1. The molecule has 1 N–H and O–H groups in total. The SMILES string of the molecule is Cc1ccccc1COc1ccc(/C(O)=C2\C(=O)C(=O)N(CCCN3CCOCC3)C2c2ccc(N(C)C)cc2)cc1. The topological polar surface area (TPSA) is 82.5 Å². The third kappa shape index (κ3) is 6.50. The lowest BCUT2D eigenvalue weighted by Gasteiger charge is -2.29. The number of likely N-dealkylation sites (tertiary alicyclic amines) is 1. The van der Waals surface area contributed by atoms with Crippen molar-refractivity contribution < 1.29 is 24.2 Å². The van der Waals surface area contributed by atoms with Gasteiger partial charge in [-0.25, -0.2) is 0 Å². The van der Waals surface area contributed by atoms with Gasteiger partial charge in [0.1, 0.15) is 18.1 Å². The molecule has 2 aliphatic rings. The maximum Gasteiger partial charge on any atom is 0.295 e. The van der Waals surface area contributed by atoms with Gasteiger partial charge in [-0.2, -0.15) is 0 Å². The zero-order chi connectivity index (χ0) is 29.6. The minimum Gasteiger partial charge on any atom is -0.507 e. The standard InChI is InChI=1S/C34H39N3O5/c1-24-7-4-5-8-27(24)23-42-29-15-11-26(12-16-29)32(38)30-31(25-9-13-28(14-10-25)35(2)3)37(34(40)33(30)39)18-6-17-36-19-21-41-22-20-36/h4-5,7-16,31,38H,6,17-23H2,1-3H3/b32-30+. The number of aliphatic hydroxyl groups excluding tert-OH is 1. The average Bonchev–Trinajstić information content (AvgIpc) is 3.26. The Morgan fingerprint density at radius 2 is 1.64 bits per heavy atom. The lowest BCUT2D eigenvalue weighted by Crippen LogP contribution is -2.38. The Labute approximate surface area is 247 Å². The van der Waals surface area contributed by atoms with E-state index in [4.69, 9.17) is 9.47 Å². The van der Waals surface area contributed by atoms with E-state index in [1.165, 1.54) is 0 Å². The predicted molar refractivity (Wildman–Crippen MR) is 164 cm³/mol. The smallest absolute Gasteiger partial charge is 0.295 e. The highest BCUT2D eigenvalue weighted by Crippen LogP contribution is 2.40. The van der Waals surface area contributed by atoms with Crippen molar-refractivity contribution in [3.05, 3.63) is 101 Å². The molecule has 5 rings (SSSR count). The summed E-state index contributed by atoms with van der Waals surface area (Å²) in [5.74, 6) is -0.788. The van der Waals surface area contributed by atoms with Gasteiger partial charge in [0, 0.05) is 51.5 Å². The number of nitrogens with zero attached hydrogens (tertiary/aromatic N) is 3. The fraction of sp³-hybridized carbons (Fsp3) is 0.353. The Kier molecular flexibility index (Phi) is 9.25. The summed E-state index contributed by atoms with van der Waals surface area (Å²) in [5.41, 5.74) is 4.60. The van der Waals surface area contributed by atoms with E-state index in [1.54, 1.807) is 29.2 Å². The van der Waals surface area contributed by atoms with Gasteiger partial charge in [0.15, 0.2) is 0 Å². The third-order valence-electron chi connectivity index (χ3n) is 8.03. The molecule has 0 radical (unpaired) electrons. The molecular weight excluding hydrogens is 530 g/mol. The molecule has 1 unspecified atom stereocenters. The number of aliphatic hydroxyl groups is 1. The lowest BCUT2D eigenvalue weighted by molar-refractivity contribution is -0.140. The molecule has 0 saturated carbocycles. The van der Waals surface area contributed by atoms with Crippen LogP contribution in [0, 0.1) is 6.92 Å². The van der Waals surface area contributed by atoms with Crippen LogP contribution in [0.25, 0.3) is 5.76 Å². The third-order valence-corrected chi connectivity index (χ3v) is 8.03. The van der Waals surface area contributed by atoms with E-state index in [2.05, 4.69) is 4.90 Å². The number of rotatable bonds is 10. The highest BCUT2D eigenvalue weighted by molar-refractivity contribution is 6.46. The Hall–Kier alpha value is -4.14. The molecule has 3 aromatic carbocycles. The summed E-state index contributed by atoms with van der Waals surface area (Å²) in [6, 6.07) is 22.1. The summed E-state index contributed by atoms with van der Waals surface area (Å²) in [6.07, 6.45) is 0.715. The Morgan fingerprint density at radius 1 is 0.952 bits per heavy atom. The first-order chi connectivity index (χ1) is 20.3. The van der Waals surface area contributed by atoms with Crippen molar-refractivity contribution in [1.82, 2.24) is 9.80 Å². The van der Waals surface area contributed by atoms with Crippen molar-refractivity contribution in [1.29, 1.82) is 0 Å². The number of amides is 1. The van der Waals surface area contributed by atoms with Crippen LogP contribution >= 0.6 is 0 Å². The second kappa shape index (κ2) is 13.2. The number of ketones is 1. The van der Waals surface area contributed by atoms with Gasteiger partial charge in [0.05, 0.1) is 24.8 Å². The molecule has 3 aromatic rings. The van der Waals surface area contributed by atoms with E-state index in [0.717, 1.165) is 42.0 Å². The van der Waals surface area contributed by atoms with Gasteiger partial charge in [0.2, 0.25) is 0 Å². The molecule has 8 nitrogen and oxygen atoms in total. The second-order valence-corrected chi connectivity index (χ2v) is 11.0. The van der Waals surface area contributed by atoms with Crippen molar-refractivity contribution in [3.63, 3.8) is 0 Å². The van der Waals surface area contributed by atoms with Crippen molar-refractivity contribution in [3.8, 4) is 5.75 Å². The number of hydrogen-bond donors (Lipinski definition) is 1. The first-order valence-electron chi connectivity index (χ1n) is 14.5. The molecule has 0 aromatic heterocycles.